The third-order valence-electron chi connectivity index (χ3n) is 6.95. The van der Waals surface area contributed by atoms with Crippen molar-refractivity contribution in [2.45, 2.75) is 25.3 Å². The third-order valence-corrected chi connectivity index (χ3v) is 7.20. The van der Waals surface area contributed by atoms with Gasteiger partial charge in [-0.3, -0.25) is 9.59 Å². The maximum atomic E-state index is 13.6. The minimum atomic E-state index is -0.560. The van der Waals surface area contributed by atoms with Crippen molar-refractivity contribution in [1.82, 2.24) is 5.32 Å². The number of halogens is 1. The van der Waals surface area contributed by atoms with E-state index in [-0.39, 0.29) is 18.2 Å². The Morgan fingerprint density at radius 1 is 0.923 bits per heavy atom. The number of methoxy groups -OCH3 is 4. The van der Waals surface area contributed by atoms with Crippen molar-refractivity contribution < 1.29 is 28.5 Å². The highest BCUT2D eigenvalue weighted by molar-refractivity contribution is 6.30. The fourth-order valence-electron chi connectivity index (χ4n) is 4.97. The second-order valence-corrected chi connectivity index (χ2v) is 9.61. The van der Waals surface area contributed by atoms with E-state index in [1.54, 1.807) is 24.1 Å². The van der Waals surface area contributed by atoms with Gasteiger partial charge >= 0.3 is 0 Å². The van der Waals surface area contributed by atoms with E-state index < -0.39 is 12.0 Å². The van der Waals surface area contributed by atoms with Crippen LogP contribution in [0.4, 0.5) is 5.69 Å². The van der Waals surface area contributed by atoms with E-state index >= 15 is 0 Å². The molecule has 9 heteroatoms. The summed E-state index contributed by atoms with van der Waals surface area (Å²) >= 11 is 5.99. The first-order chi connectivity index (χ1) is 18.9. The monoisotopic (exact) mass is 552 g/mol. The highest BCUT2D eigenvalue weighted by atomic mass is 35.5. The first-order valence-electron chi connectivity index (χ1n) is 12.7. The topological polar surface area (TPSA) is 86.3 Å². The lowest BCUT2D eigenvalue weighted by Crippen LogP contribution is -2.48. The van der Waals surface area contributed by atoms with Crippen molar-refractivity contribution in [3.8, 4) is 23.0 Å². The molecule has 0 unspecified atom stereocenters. The lowest BCUT2D eigenvalue weighted by molar-refractivity contribution is -0.129. The van der Waals surface area contributed by atoms with Crippen molar-refractivity contribution in [1.29, 1.82) is 0 Å². The average molecular weight is 553 g/mol. The molecule has 3 aromatic carbocycles. The minimum Gasteiger partial charge on any atom is -0.497 e. The van der Waals surface area contributed by atoms with Crippen LogP contribution in [-0.4, -0.2) is 46.8 Å². The summed E-state index contributed by atoms with van der Waals surface area (Å²) in [6, 6.07) is 17.9. The number of benzene rings is 3. The molecule has 1 saturated heterocycles. The van der Waals surface area contributed by atoms with Gasteiger partial charge in [0.1, 0.15) is 5.75 Å². The average Bonchev–Trinajstić information content (AvgIpc) is 2.97. The van der Waals surface area contributed by atoms with Crippen LogP contribution < -0.4 is 29.2 Å². The Bertz CT molecular complexity index is 1270. The smallest absolute Gasteiger partial charge is 0.227 e. The fraction of sp³-hybridized carbons (Fsp3) is 0.333. The highest BCUT2D eigenvalue weighted by Crippen LogP contribution is 2.46. The predicted molar refractivity (Wildman–Crippen MR) is 150 cm³/mol. The van der Waals surface area contributed by atoms with Crippen LogP contribution >= 0.6 is 11.6 Å². The Hall–Kier alpha value is -3.91. The van der Waals surface area contributed by atoms with Gasteiger partial charge in [-0.25, -0.2) is 0 Å². The largest absolute Gasteiger partial charge is 0.497 e. The summed E-state index contributed by atoms with van der Waals surface area (Å²) in [5.41, 5.74) is 2.44. The number of piperidine rings is 1. The zero-order valence-electron chi connectivity index (χ0n) is 22.5. The molecule has 0 aromatic heterocycles. The van der Waals surface area contributed by atoms with E-state index in [1.807, 2.05) is 48.5 Å². The van der Waals surface area contributed by atoms with Gasteiger partial charge in [0.15, 0.2) is 11.5 Å². The van der Waals surface area contributed by atoms with Crippen LogP contribution in [0.1, 0.15) is 30.0 Å². The standard InChI is InChI=1S/C30H33ClN2O6/c1-36-23-11-7-20(8-12-23)28-24(30(35)32-16-15-19-5-9-21(31)10-6-19)13-14-27(34)33(28)22-17-25(37-2)29(39-4)26(18-22)38-3/h5-12,17-18,24,28H,13-16H2,1-4H3,(H,32,35)/t24-,28+/m1/s1. The molecule has 3 aromatic rings. The van der Waals surface area contributed by atoms with Crippen molar-refractivity contribution in [2.24, 2.45) is 5.92 Å². The lowest BCUT2D eigenvalue weighted by atomic mass is 9.83. The SMILES string of the molecule is COc1ccc([C@H]2[C@H](C(=O)NCCc3ccc(Cl)cc3)CCC(=O)N2c2cc(OC)c(OC)c(OC)c2)cc1. The molecule has 1 fully saturated rings. The molecule has 0 spiro atoms. The predicted octanol–water partition coefficient (Wildman–Crippen LogP) is 5.22. The second-order valence-electron chi connectivity index (χ2n) is 9.18. The molecule has 0 radical (unpaired) electrons. The lowest BCUT2D eigenvalue weighted by Gasteiger charge is -2.41. The Morgan fingerprint density at radius 3 is 2.13 bits per heavy atom. The molecule has 1 aliphatic heterocycles. The Balaban J connectivity index is 1.69. The summed E-state index contributed by atoms with van der Waals surface area (Å²) in [7, 11) is 6.17. The molecule has 8 nitrogen and oxygen atoms in total. The van der Waals surface area contributed by atoms with Crippen LogP contribution in [-0.2, 0) is 16.0 Å². The zero-order chi connectivity index (χ0) is 27.9. The summed E-state index contributed by atoms with van der Waals surface area (Å²) in [4.78, 5) is 28.8. The van der Waals surface area contributed by atoms with Crippen LogP contribution in [0.25, 0.3) is 0 Å². The summed E-state index contributed by atoms with van der Waals surface area (Å²) in [6.07, 6.45) is 1.31. The maximum Gasteiger partial charge on any atom is 0.227 e. The van der Waals surface area contributed by atoms with Crippen LogP contribution in [0.15, 0.2) is 60.7 Å². The van der Waals surface area contributed by atoms with Gasteiger partial charge in [-0.05, 0) is 48.2 Å². The van der Waals surface area contributed by atoms with Gasteiger partial charge in [-0.2, -0.15) is 0 Å². The first-order valence-corrected chi connectivity index (χ1v) is 13.1. The molecule has 1 heterocycles. The fourth-order valence-corrected chi connectivity index (χ4v) is 5.10. The molecule has 0 bridgehead atoms. The minimum absolute atomic E-state index is 0.102. The van der Waals surface area contributed by atoms with Gasteiger partial charge in [-0.1, -0.05) is 35.9 Å². The Morgan fingerprint density at radius 2 is 1.56 bits per heavy atom. The number of nitrogens with one attached hydrogen (secondary N) is 1. The normalized spacial score (nSPS) is 16.9. The summed E-state index contributed by atoms with van der Waals surface area (Å²) in [5.74, 6) is 1.24. The maximum absolute atomic E-state index is 13.6. The number of carbonyl (C=O) groups is 2. The van der Waals surface area contributed by atoms with Gasteiger partial charge in [0, 0.05) is 30.1 Å². The van der Waals surface area contributed by atoms with Gasteiger partial charge in [-0.15, -0.1) is 0 Å². The molecule has 1 aliphatic rings. The number of nitrogens with zero attached hydrogens (tertiary/aromatic N) is 1. The zero-order valence-corrected chi connectivity index (χ0v) is 23.3. The number of anilines is 1. The van der Waals surface area contributed by atoms with E-state index in [4.69, 9.17) is 30.5 Å². The number of rotatable bonds is 10. The van der Waals surface area contributed by atoms with Crippen LogP contribution in [0.5, 0.6) is 23.0 Å². The molecule has 4 rings (SSSR count). The van der Waals surface area contributed by atoms with Gasteiger partial charge in [0.05, 0.1) is 46.1 Å². The number of amides is 2. The van der Waals surface area contributed by atoms with E-state index in [0.29, 0.717) is 53.1 Å². The molecule has 206 valence electrons. The quantitative estimate of drug-likeness (QED) is 0.371. The van der Waals surface area contributed by atoms with E-state index in [0.717, 1.165) is 11.1 Å². The molecule has 0 saturated carbocycles. The Labute approximate surface area is 233 Å². The van der Waals surface area contributed by atoms with Crippen LogP contribution in [0, 0.1) is 5.92 Å². The number of carbonyl (C=O) groups excluding carboxylic acids is 2. The van der Waals surface area contributed by atoms with Gasteiger partial charge in [0.25, 0.3) is 0 Å². The van der Waals surface area contributed by atoms with Crippen molar-refractivity contribution in [3.05, 3.63) is 76.8 Å². The number of hydrogen-bond donors (Lipinski definition) is 1. The van der Waals surface area contributed by atoms with Crippen LogP contribution in [0.3, 0.4) is 0 Å². The van der Waals surface area contributed by atoms with Crippen molar-refractivity contribution in [2.75, 3.05) is 39.9 Å². The van der Waals surface area contributed by atoms with Crippen molar-refractivity contribution >= 4 is 29.1 Å². The number of ether oxygens (including phenoxy) is 4. The molecule has 39 heavy (non-hydrogen) atoms. The molecule has 2 atom stereocenters. The van der Waals surface area contributed by atoms with Crippen LogP contribution in [0.2, 0.25) is 5.02 Å². The third kappa shape index (κ3) is 6.23. The van der Waals surface area contributed by atoms with E-state index in [9.17, 15) is 9.59 Å². The summed E-state index contributed by atoms with van der Waals surface area (Å²) in [5, 5.41) is 3.75. The van der Waals surface area contributed by atoms with E-state index in [2.05, 4.69) is 5.32 Å². The van der Waals surface area contributed by atoms with Gasteiger partial charge in [0.2, 0.25) is 17.6 Å². The summed E-state index contributed by atoms with van der Waals surface area (Å²) in [6.45, 7) is 0.463. The second kappa shape index (κ2) is 12.8. The Kier molecular flexibility index (Phi) is 9.19. The van der Waals surface area contributed by atoms with E-state index in [1.165, 1.54) is 21.3 Å². The molecule has 1 N–H and O–H groups in total. The highest BCUT2D eigenvalue weighted by Gasteiger charge is 2.42. The molecule has 2 amide bonds. The van der Waals surface area contributed by atoms with Crippen molar-refractivity contribution in [3.63, 3.8) is 0 Å². The first kappa shape index (κ1) is 28.1. The van der Waals surface area contributed by atoms with Gasteiger partial charge < -0.3 is 29.2 Å². The summed E-state index contributed by atoms with van der Waals surface area (Å²) < 4.78 is 21.9. The molecular weight excluding hydrogens is 520 g/mol. The number of hydrogen-bond acceptors (Lipinski definition) is 6. The molecular formula is C30H33ClN2O6. The molecule has 0 aliphatic carbocycles.